The van der Waals surface area contributed by atoms with Gasteiger partial charge in [0.15, 0.2) is 0 Å². The standard InChI is InChI=1S/C12H18N4O3/c1-8(12(18)19)7-16(4)11(17)9-5-14-10(6-13-9)15(2)3/h5-6,8H,7H2,1-4H3,(H,18,19). The SMILES string of the molecule is CC(CN(C)C(=O)c1cnc(N(C)C)cn1)C(=O)O. The molecule has 0 aliphatic rings. The Morgan fingerprint density at radius 1 is 1.26 bits per heavy atom. The minimum atomic E-state index is -0.936. The van der Waals surface area contributed by atoms with E-state index in [-0.39, 0.29) is 18.1 Å². The summed E-state index contributed by atoms with van der Waals surface area (Å²) in [7, 11) is 5.20. The van der Waals surface area contributed by atoms with Gasteiger partial charge in [-0.2, -0.15) is 0 Å². The number of hydrogen-bond donors (Lipinski definition) is 1. The maximum Gasteiger partial charge on any atom is 0.308 e. The number of rotatable bonds is 5. The summed E-state index contributed by atoms with van der Waals surface area (Å²) in [6.07, 6.45) is 2.89. The molecule has 0 spiro atoms. The van der Waals surface area contributed by atoms with Crippen molar-refractivity contribution in [2.75, 3.05) is 32.6 Å². The molecule has 0 fully saturated rings. The van der Waals surface area contributed by atoms with Crippen LogP contribution in [0.25, 0.3) is 0 Å². The maximum absolute atomic E-state index is 12.0. The Hall–Kier alpha value is -2.18. The third kappa shape index (κ3) is 3.90. The zero-order valence-electron chi connectivity index (χ0n) is 11.5. The molecule has 1 aromatic heterocycles. The zero-order valence-corrected chi connectivity index (χ0v) is 11.5. The molecule has 1 amide bonds. The van der Waals surface area contributed by atoms with Gasteiger partial charge in [0, 0.05) is 27.7 Å². The molecule has 1 aromatic rings. The number of aromatic nitrogens is 2. The summed E-state index contributed by atoms with van der Waals surface area (Å²) in [4.78, 5) is 34.0. The second kappa shape index (κ2) is 6.12. The van der Waals surface area contributed by atoms with Gasteiger partial charge in [0.1, 0.15) is 11.5 Å². The fourth-order valence-corrected chi connectivity index (χ4v) is 1.43. The lowest BCUT2D eigenvalue weighted by Gasteiger charge is -2.19. The van der Waals surface area contributed by atoms with Crippen LogP contribution in [0, 0.1) is 5.92 Å². The van der Waals surface area contributed by atoms with Crippen molar-refractivity contribution in [3.63, 3.8) is 0 Å². The number of carboxylic acid groups (broad SMARTS) is 1. The van der Waals surface area contributed by atoms with Crippen molar-refractivity contribution in [3.05, 3.63) is 18.1 Å². The lowest BCUT2D eigenvalue weighted by Crippen LogP contribution is -2.34. The second-order valence-corrected chi connectivity index (χ2v) is 4.58. The predicted octanol–water partition coefficient (Wildman–Crippen LogP) is 0.335. The molecule has 1 unspecified atom stereocenters. The highest BCUT2D eigenvalue weighted by Crippen LogP contribution is 2.07. The first-order valence-corrected chi connectivity index (χ1v) is 5.80. The van der Waals surface area contributed by atoms with Crippen LogP contribution in [-0.4, -0.2) is 59.5 Å². The lowest BCUT2D eigenvalue weighted by molar-refractivity contribution is -0.141. The fourth-order valence-electron chi connectivity index (χ4n) is 1.43. The van der Waals surface area contributed by atoms with Gasteiger partial charge in [-0.05, 0) is 0 Å². The van der Waals surface area contributed by atoms with Gasteiger partial charge in [-0.25, -0.2) is 9.97 Å². The van der Waals surface area contributed by atoms with Crippen LogP contribution in [0.1, 0.15) is 17.4 Å². The second-order valence-electron chi connectivity index (χ2n) is 4.58. The van der Waals surface area contributed by atoms with Gasteiger partial charge in [-0.1, -0.05) is 6.92 Å². The molecule has 0 aromatic carbocycles. The molecule has 0 saturated carbocycles. The van der Waals surface area contributed by atoms with E-state index in [1.54, 1.807) is 18.9 Å². The highest BCUT2D eigenvalue weighted by Gasteiger charge is 2.19. The van der Waals surface area contributed by atoms with Gasteiger partial charge >= 0.3 is 5.97 Å². The topological polar surface area (TPSA) is 86.6 Å². The van der Waals surface area contributed by atoms with E-state index in [0.717, 1.165) is 0 Å². The van der Waals surface area contributed by atoms with Gasteiger partial charge < -0.3 is 14.9 Å². The van der Waals surface area contributed by atoms with Crippen molar-refractivity contribution >= 4 is 17.7 Å². The number of amides is 1. The van der Waals surface area contributed by atoms with Crippen LogP contribution in [0.4, 0.5) is 5.82 Å². The molecule has 104 valence electrons. The minimum absolute atomic E-state index is 0.130. The molecule has 1 rings (SSSR count). The molecule has 1 heterocycles. The van der Waals surface area contributed by atoms with Crippen LogP contribution >= 0.6 is 0 Å². The molecular weight excluding hydrogens is 248 g/mol. The van der Waals surface area contributed by atoms with Gasteiger partial charge in [0.05, 0.1) is 18.3 Å². The van der Waals surface area contributed by atoms with Crippen LogP contribution in [0.5, 0.6) is 0 Å². The molecule has 0 bridgehead atoms. The lowest BCUT2D eigenvalue weighted by atomic mass is 10.2. The van der Waals surface area contributed by atoms with Gasteiger partial charge in [0.25, 0.3) is 5.91 Å². The molecule has 0 saturated heterocycles. The van der Waals surface area contributed by atoms with Crippen molar-refractivity contribution in [2.24, 2.45) is 5.92 Å². The molecule has 7 heteroatoms. The highest BCUT2D eigenvalue weighted by atomic mass is 16.4. The Bertz CT molecular complexity index is 459. The first-order chi connectivity index (χ1) is 8.82. The largest absolute Gasteiger partial charge is 0.481 e. The van der Waals surface area contributed by atoms with Crippen LogP contribution in [-0.2, 0) is 4.79 Å². The smallest absolute Gasteiger partial charge is 0.308 e. The van der Waals surface area contributed by atoms with Crippen LogP contribution in [0.3, 0.4) is 0 Å². The van der Waals surface area contributed by atoms with Gasteiger partial charge in [-0.3, -0.25) is 9.59 Å². The van der Waals surface area contributed by atoms with E-state index >= 15 is 0 Å². The number of anilines is 1. The minimum Gasteiger partial charge on any atom is -0.481 e. The molecule has 7 nitrogen and oxygen atoms in total. The Labute approximate surface area is 111 Å². The first kappa shape index (κ1) is 14.9. The van der Waals surface area contributed by atoms with Crippen molar-refractivity contribution < 1.29 is 14.7 Å². The van der Waals surface area contributed by atoms with Crippen molar-refractivity contribution in [1.82, 2.24) is 14.9 Å². The third-order valence-corrected chi connectivity index (χ3v) is 2.63. The molecular formula is C12H18N4O3. The number of nitrogens with zero attached hydrogens (tertiary/aromatic N) is 4. The summed E-state index contributed by atoms with van der Waals surface area (Å²) in [6, 6.07) is 0. The maximum atomic E-state index is 12.0. The number of carboxylic acids is 1. The van der Waals surface area contributed by atoms with Crippen LogP contribution < -0.4 is 4.90 Å². The molecule has 1 atom stereocenters. The third-order valence-electron chi connectivity index (χ3n) is 2.63. The van der Waals surface area contributed by atoms with E-state index < -0.39 is 11.9 Å². The monoisotopic (exact) mass is 266 g/mol. The zero-order chi connectivity index (χ0) is 14.6. The van der Waals surface area contributed by atoms with E-state index in [2.05, 4.69) is 9.97 Å². The van der Waals surface area contributed by atoms with E-state index in [0.29, 0.717) is 5.82 Å². The Morgan fingerprint density at radius 2 is 1.89 bits per heavy atom. The highest BCUT2D eigenvalue weighted by molar-refractivity contribution is 5.92. The summed E-state index contributed by atoms with van der Waals surface area (Å²) in [6.45, 7) is 1.68. The summed E-state index contributed by atoms with van der Waals surface area (Å²) < 4.78 is 0. The first-order valence-electron chi connectivity index (χ1n) is 5.80. The van der Waals surface area contributed by atoms with Crippen molar-refractivity contribution in [2.45, 2.75) is 6.92 Å². The molecule has 0 radical (unpaired) electrons. The fraction of sp³-hybridized carbons (Fsp3) is 0.500. The Kier molecular flexibility index (Phi) is 4.80. The van der Waals surface area contributed by atoms with E-state index in [4.69, 9.17) is 5.11 Å². The number of hydrogen-bond acceptors (Lipinski definition) is 5. The molecule has 19 heavy (non-hydrogen) atoms. The van der Waals surface area contributed by atoms with E-state index in [1.165, 1.54) is 17.3 Å². The van der Waals surface area contributed by atoms with Crippen LogP contribution in [0.2, 0.25) is 0 Å². The van der Waals surface area contributed by atoms with Gasteiger partial charge in [0.2, 0.25) is 0 Å². The Balaban J connectivity index is 2.74. The summed E-state index contributed by atoms with van der Waals surface area (Å²) in [5.41, 5.74) is 0.200. The molecule has 0 aliphatic carbocycles. The normalized spacial score (nSPS) is 11.8. The van der Waals surface area contributed by atoms with E-state index in [9.17, 15) is 9.59 Å². The predicted molar refractivity (Wildman–Crippen MR) is 70.1 cm³/mol. The van der Waals surface area contributed by atoms with Crippen molar-refractivity contribution in [3.8, 4) is 0 Å². The summed E-state index contributed by atoms with van der Waals surface area (Å²) in [5.74, 6) is -1.25. The summed E-state index contributed by atoms with van der Waals surface area (Å²) >= 11 is 0. The van der Waals surface area contributed by atoms with Crippen LogP contribution in [0.15, 0.2) is 12.4 Å². The molecule has 0 aliphatic heterocycles. The number of carbonyl (C=O) groups is 2. The molecule has 1 N–H and O–H groups in total. The number of carbonyl (C=O) groups excluding carboxylic acids is 1. The summed E-state index contributed by atoms with van der Waals surface area (Å²) in [5, 5.41) is 8.81. The number of aliphatic carboxylic acids is 1. The van der Waals surface area contributed by atoms with Crippen molar-refractivity contribution in [1.29, 1.82) is 0 Å². The Morgan fingerprint density at radius 3 is 2.32 bits per heavy atom. The quantitative estimate of drug-likeness (QED) is 0.826. The van der Waals surface area contributed by atoms with Gasteiger partial charge in [-0.15, -0.1) is 0 Å². The average Bonchev–Trinajstić information content (AvgIpc) is 2.37. The van der Waals surface area contributed by atoms with E-state index in [1.807, 2.05) is 14.1 Å². The average molecular weight is 266 g/mol.